The van der Waals surface area contributed by atoms with Gasteiger partial charge in [0.2, 0.25) is 11.7 Å². The van der Waals surface area contributed by atoms with Crippen molar-refractivity contribution < 1.29 is 17.9 Å². The van der Waals surface area contributed by atoms with E-state index in [2.05, 4.69) is 20.3 Å². The zero-order chi connectivity index (χ0) is 14.6. The molecule has 0 radical (unpaired) electrons. The highest BCUT2D eigenvalue weighted by Crippen LogP contribution is 2.30. The van der Waals surface area contributed by atoms with Gasteiger partial charge in [-0.3, -0.25) is 4.98 Å². The first-order valence-corrected chi connectivity index (χ1v) is 5.77. The van der Waals surface area contributed by atoms with E-state index in [-0.39, 0.29) is 11.7 Å². The third-order valence-electron chi connectivity index (χ3n) is 2.17. The van der Waals surface area contributed by atoms with Crippen molar-refractivity contribution in [3.63, 3.8) is 0 Å². The number of hydrogen-bond acceptors (Lipinski definition) is 5. The van der Waals surface area contributed by atoms with Crippen LogP contribution in [0.1, 0.15) is 12.7 Å². The lowest BCUT2D eigenvalue weighted by Gasteiger charge is -2.11. The molecule has 0 amide bonds. The average molecular weight is 284 g/mol. The maximum Gasteiger partial charge on any atom is 0.451 e. The van der Waals surface area contributed by atoms with Crippen LogP contribution in [0.25, 0.3) is 0 Å². The van der Waals surface area contributed by atoms with Crippen molar-refractivity contribution >= 4 is 5.82 Å². The van der Waals surface area contributed by atoms with Crippen molar-refractivity contribution in [1.29, 1.82) is 0 Å². The van der Waals surface area contributed by atoms with Gasteiger partial charge >= 0.3 is 6.18 Å². The number of pyridine rings is 1. The molecule has 2 rings (SSSR count). The monoisotopic (exact) mass is 284 g/mol. The summed E-state index contributed by atoms with van der Waals surface area (Å²) in [6, 6.07) is 4.47. The number of nitrogens with one attached hydrogen (secondary N) is 1. The highest BCUT2D eigenvalue weighted by atomic mass is 19.4. The van der Waals surface area contributed by atoms with E-state index in [1.165, 1.54) is 18.5 Å². The van der Waals surface area contributed by atoms with Gasteiger partial charge in [-0.05, 0) is 19.1 Å². The van der Waals surface area contributed by atoms with Crippen LogP contribution in [0.3, 0.4) is 0 Å². The minimum atomic E-state index is -4.64. The van der Waals surface area contributed by atoms with E-state index in [9.17, 15) is 13.2 Å². The maximum absolute atomic E-state index is 12.7. The van der Waals surface area contributed by atoms with Gasteiger partial charge in [-0.2, -0.15) is 18.2 Å². The quantitative estimate of drug-likeness (QED) is 0.934. The van der Waals surface area contributed by atoms with Crippen molar-refractivity contribution in [1.82, 2.24) is 15.0 Å². The zero-order valence-electron chi connectivity index (χ0n) is 10.5. The van der Waals surface area contributed by atoms with E-state index in [0.717, 1.165) is 0 Å². The molecular weight excluding hydrogens is 273 g/mol. The lowest BCUT2D eigenvalue weighted by molar-refractivity contribution is -0.145. The van der Waals surface area contributed by atoms with Crippen molar-refractivity contribution in [2.24, 2.45) is 0 Å². The fraction of sp³-hybridized carbons (Fsp3) is 0.250. The molecule has 0 bridgehead atoms. The zero-order valence-corrected chi connectivity index (χ0v) is 10.5. The van der Waals surface area contributed by atoms with Crippen LogP contribution >= 0.6 is 0 Å². The second kappa shape index (κ2) is 5.72. The predicted octanol–water partition coefficient (Wildman–Crippen LogP) is 3.11. The van der Waals surface area contributed by atoms with Crippen molar-refractivity contribution in [3.8, 4) is 11.6 Å². The predicted molar refractivity (Wildman–Crippen MR) is 65.5 cm³/mol. The summed E-state index contributed by atoms with van der Waals surface area (Å²) in [5.74, 6) is -1.11. The molecule has 0 aromatic carbocycles. The standard InChI is InChI=1S/C12H11F3N4O/c1-2-17-9-6-10(19-11(18-9)12(13,14)15)20-8-4-3-5-16-7-8/h3-7H,2H2,1H3,(H,17,18,19). The topological polar surface area (TPSA) is 59.9 Å². The second-order valence-corrected chi connectivity index (χ2v) is 3.73. The molecule has 106 valence electrons. The van der Waals surface area contributed by atoms with Gasteiger partial charge in [0.25, 0.3) is 0 Å². The highest BCUT2D eigenvalue weighted by Gasteiger charge is 2.35. The van der Waals surface area contributed by atoms with Crippen LogP contribution in [0, 0.1) is 0 Å². The Labute approximate surface area is 112 Å². The molecule has 0 aliphatic carbocycles. The van der Waals surface area contributed by atoms with Crippen molar-refractivity contribution in [3.05, 3.63) is 36.4 Å². The molecule has 0 saturated carbocycles. The highest BCUT2D eigenvalue weighted by molar-refractivity contribution is 5.40. The largest absolute Gasteiger partial charge is 0.451 e. The Balaban J connectivity index is 2.34. The lowest BCUT2D eigenvalue weighted by Crippen LogP contribution is -2.13. The Bertz CT molecular complexity index is 575. The van der Waals surface area contributed by atoms with E-state index >= 15 is 0 Å². The molecular formula is C12H11F3N4O. The summed E-state index contributed by atoms with van der Waals surface area (Å²) < 4.78 is 43.4. The Morgan fingerprint density at radius 1 is 1.30 bits per heavy atom. The number of hydrogen-bond donors (Lipinski definition) is 1. The van der Waals surface area contributed by atoms with Crippen LogP contribution in [0.2, 0.25) is 0 Å². The first kappa shape index (κ1) is 14.0. The first-order valence-electron chi connectivity index (χ1n) is 5.77. The molecule has 2 aromatic heterocycles. The van der Waals surface area contributed by atoms with Gasteiger partial charge in [0.05, 0.1) is 6.20 Å². The van der Waals surface area contributed by atoms with E-state index in [1.807, 2.05) is 0 Å². The summed E-state index contributed by atoms with van der Waals surface area (Å²) in [6.07, 6.45) is -1.74. The molecule has 0 atom stereocenters. The Morgan fingerprint density at radius 2 is 2.10 bits per heavy atom. The van der Waals surface area contributed by atoms with Crippen molar-refractivity contribution in [2.45, 2.75) is 13.1 Å². The summed E-state index contributed by atoms with van der Waals surface area (Å²) in [7, 11) is 0. The molecule has 2 heterocycles. The van der Waals surface area contributed by atoms with E-state index in [0.29, 0.717) is 12.3 Å². The fourth-order valence-electron chi connectivity index (χ4n) is 1.40. The lowest BCUT2D eigenvalue weighted by atomic mass is 10.4. The smallest absolute Gasteiger partial charge is 0.437 e. The maximum atomic E-state index is 12.7. The number of alkyl halides is 3. The van der Waals surface area contributed by atoms with E-state index in [1.54, 1.807) is 19.1 Å². The second-order valence-electron chi connectivity index (χ2n) is 3.73. The molecule has 0 aliphatic rings. The summed E-state index contributed by atoms with van der Waals surface area (Å²) in [5.41, 5.74) is 0. The third-order valence-corrected chi connectivity index (χ3v) is 2.17. The van der Waals surface area contributed by atoms with Crippen LogP contribution in [0.15, 0.2) is 30.6 Å². The fourth-order valence-corrected chi connectivity index (χ4v) is 1.40. The molecule has 8 heteroatoms. The van der Waals surface area contributed by atoms with Gasteiger partial charge in [-0.1, -0.05) is 0 Å². The van der Waals surface area contributed by atoms with Crippen LogP contribution in [-0.4, -0.2) is 21.5 Å². The van der Waals surface area contributed by atoms with Crippen LogP contribution in [0.5, 0.6) is 11.6 Å². The molecule has 2 aromatic rings. The minimum Gasteiger partial charge on any atom is -0.437 e. The average Bonchev–Trinajstić information content (AvgIpc) is 2.39. The molecule has 0 spiro atoms. The Hall–Kier alpha value is -2.38. The van der Waals surface area contributed by atoms with E-state index < -0.39 is 12.0 Å². The van der Waals surface area contributed by atoms with Crippen LogP contribution in [0.4, 0.5) is 19.0 Å². The normalized spacial score (nSPS) is 11.2. The summed E-state index contributed by atoms with van der Waals surface area (Å²) >= 11 is 0. The van der Waals surface area contributed by atoms with Gasteiger partial charge in [0.1, 0.15) is 11.6 Å². The third kappa shape index (κ3) is 3.56. The Morgan fingerprint density at radius 3 is 2.70 bits per heavy atom. The summed E-state index contributed by atoms with van der Waals surface area (Å²) in [6.45, 7) is 2.18. The van der Waals surface area contributed by atoms with Crippen molar-refractivity contribution in [2.75, 3.05) is 11.9 Å². The molecule has 0 fully saturated rings. The molecule has 1 N–H and O–H groups in total. The van der Waals surface area contributed by atoms with Crippen LogP contribution < -0.4 is 10.1 Å². The first-order chi connectivity index (χ1) is 9.49. The number of ether oxygens (including phenoxy) is 1. The molecule has 0 saturated heterocycles. The summed E-state index contributed by atoms with van der Waals surface area (Å²) in [5, 5.41) is 2.70. The van der Waals surface area contributed by atoms with Gasteiger partial charge in [0, 0.05) is 18.8 Å². The summed E-state index contributed by atoms with van der Waals surface area (Å²) in [4.78, 5) is 10.6. The molecule has 0 aliphatic heterocycles. The number of halogens is 3. The number of nitrogens with zero attached hydrogens (tertiary/aromatic N) is 3. The van der Waals surface area contributed by atoms with Gasteiger partial charge in [0.15, 0.2) is 0 Å². The van der Waals surface area contributed by atoms with Gasteiger partial charge < -0.3 is 10.1 Å². The molecule has 20 heavy (non-hydrogen) atoms. The molecule has 0 unspecified atom stereocenters. The van der Waals surface area contributed by atoms with Gasteiger partial charge in [-0.15, -0.1) is 0 Å². The van der Waals surface area contributed by atoms with Crippen LogP contribution in [-0.2, 0) is 6.18 Å². The SMILES string of the molecule is CCNc1cc(Oc2cccnc2)nc(C(F)(F)F)n1. The number of aromatic nitrogens is 3. The van der Waals surface area contributed by atoms with E-state index in [4.69, 9.17) is 4.74 Å². The number of anilines is 1. The number of rotatable bonds is 4. The Kier molecular flexibility index (Phi) is 4.02. The van der Waals surface area contributed by atoms with Gasteiger partial charge in [-0.25, -0.2) is 4.98 Å². The molecule has 5 nitrogen and oxygen atoms in total. The minimum absolute atomic E-state index is 0.0497.